The maximum absolute atomic E-state index is 12.8. The summed E-state index contributed by atoms with van der Waals surface area (Å²) < 4.78 is 0. The third-order valence-electron chi connectivity index (χ3n) is 4.96. The van der Waals surface area contributed by atoms with E-state index >= 15 is 0 Å². The number of aromatic nitrogens is 1. The zero-order chi connectivity index (χ0) is 18.3. The van der Waals surface area contributed by atoms with Gasteiger partial charge in [-0.15, -0.1) is 0 Å². The molecule has 0 radical (unpaired) electrons. The van der Waals surface area contributed by atoms with Crippen molar-refractivity contribution in [1.82, 2.24) is 9.88 Å². The number of amides is 1. The minimum absolute atomic E-state index is 0. The van der Waals surface area contributed by atoms with Crippen molar-refractivity contribution in [2.24, 2.45) is 5.73 Å². The SMILES string of the molecule is N[C@H](Cc1ccccc1Cl)C(=O)N1CCc2c([nH]c3ccc(Cl)cc23)C1.[Cl-]. The molecule has 1 aliphatic heterocycles. The molecule has 0 saturated carbocycles. The van der Waals surface area contributed by atoms with E-state index in [0.29, 0.717) is 24.5 Å². The molecule has 4 nitrogen and oxygen atoms in total. The molecular formula is C20H19Cl3N3O-. The van der Waals surface area contributed by atoms with Gasteiger partial charge in [-0.2, -0.15) is 0 Å². The Morgan fingerprint density at radius 2 is 2.00 bits per heavy atom. The molecule has 0 bridgehead atoms. The molecule has 1 atom stereocenters. The van der Waals surface area contributed by atoms with Gasteiger partial charge in [0.15, 0.2) is 0 Å². The van der Waals surface area contributed by atoms with Gasteiger partial charge in [-0.25, -0.2) is 0 Å². The van der Waals surface area contributed by atoms with E-state index in [4.69, 9.17) is 28.9 Å². The predicted molar refractivity (Wildman–Crippen MR) is 106 cm³/mol. The zero-order valence-electron chi connectivity index (χ0n) is 14.5. The molecule has 3 aromatic rings. The van der Waals surface area contributed by atoms with Crippen molar-refractivity contribution in [3.63, 3.8) is 0 Å². The van der Waals surface area contributed by atoms with Gasteiger partial charge in [-0.3, -0.25) is 4.79 Å². The lowest BCUT2D eigenvalue weighted by Crippen LogP contribution is -3.00. The van der Waals surface area contributed by atoms with Crippen LogP contribution in [0.3, 0.4) is 0 Å². The molecule has 0 saturated heterocycles. The van der Waals surface area contributed by atoms with Gasteiger partial charge in [0.25, 0.3) is 0 Å². The summed E-state index contributed by atoms with van der Waals surface area (Å²) in [7, 11) is 0. The molecule has 0 aliphatic carbocycles. The molecule has 0 unspecified atom stereocenters. The quantitative estimate of drug-likeness (QED) is 0.658. The van der Waals surface area contributed by atoms with Crippen molar-refractivity contribution < 1.29 is 17.2 Å². The number of nitrogens with one attached hydrogen (secondary N) is 1. The monoisotopic (exact) mass is 422 g/mol. The van der Waals surface area contributed by atoms with Gasteiger partial charge in [-0.05, 0) is 48.2 Å². The van der Waals surface area contributed by atoms with Crippen LogP contribution in [-0.4, -0.2) is 28.4 Å². The average molecular weight is 424 g/mol. The van der Waals surface area contributed by atoms with Crippen molar-refractivity contribution in [3.8, 4) is 0 Å². The van der Waals surface area contributed by atoms with Gasteiger partial charge in [0, 0.05) is 33.2 Å². The Bertz CT molecular complexity index is 986. The molecule has 2 heterocycles. The van der Waals surface area contributed by atoms with Crippen LogP contribution in [0.25, 0.3) is 10.9 Å². The van der Waals surface area contributed by atoms with Crippen molar-refractivity contribution in [1.29, 1.82) is 0 Å². The average Bonchev–Trinajstić information content (AvgIpc) is 3.00. The van der Waals surface area contributed by atoms with Crippen LogP contribution in [0.5, 0.6) is 0 Å². The molecule has 142 valence electrons. The standard InChI is InChI=1S/C20H19Cl2N3O.ClH/c21-13-5-6-18-15(10-13)14-7-8-25(11-19(14)24-18)20(26)17(23)9-12-3-1-2-4-16(12)22;/h1-6,10,17,24H,7-9,11,23H2;1H/p-1/t17-;/m1./s1. The molecule has 7 heteroatoms. The van der Waals surface area contributed by atoms with E-state index in [1.807, 2.05) is 47.4 Å². The third kappa shape index (κ3) is 3.94. The number of hydrogen-bond acceptors (Lipinski definition) is 2. The first-order chi connectivity index (χ1) is 12.5. The Balaban J connectivity index is 0.00000210. The molecule has 4 rings (SSSR count). The van der Waals surface area contributed by atoms with Crippen LogP contribution >= 0.6 is 23.2 Å². The molecule has 1 aliphatic rings. The largest absolute Gasteiger partial charge is 1.00 e. The fourth-order valence-corrected chi connectivity index (χ4v) is 4.01. The number of carbonyl (C=O) groups excluding carboxylic acids is 1. The maximum atomic E-state index is 12.8. The van der Waals surface area contributed by atoms with E-state index in [0.717, 1.165) is 33.6 Å². The lowest BCUT2D eigenvalue weighted by molar-refractivity contribution is -0.133. The van der Waals surface area contributed by atoms with Crippen molar-refractivity contribution in [3.05, 3.63) is 69.3 Å². The first-order valence-electron chi connectivity index (χ1n) is 8.59. The summed E-state index contributed by atoms with van der Waals surface area (Å²) in [5.74, 6) is -0.0488. The summed E-state index contributed by atoms with van der Waals surface area (Å²) in [6, 6.07) is 12.7. The van der Waals surface area contributed by atoms with Crippen LogP contribution in [0, 0.1) is 0 Å². The molecule has 3 N–H and O–H groups in total. The Morgan fingerprint density at radius 3 is 2.78 bits per heavy atom. The molecule has 0 spiro atoms. The smallest absolute Gasteiger partial charge is 0.240 e. The summed E-state index contributed by atoms with van der Waals surface area (Å²) in [6.07, 6.45) is 1.23. The highest BCUT2D eigenvalue weighted by molar-refractivity contribution is 6.31. The van der Waals surface area contributed by atoms with Crippen LogP contribution < -0.4 is 18.1 Å². The Hall–Kier alpha value is -1.72. The van der Waals surface area contributed by atoms with E-state index in [9.17, 15) is 4.79 Å². The topological polar surface area (TPSA) is 62.1 Å². The van der Waals surface area contributed by atoms with Gasteiger partial charge >= 0.3 is 0 Å². The second-order valence-electron chi connectivity index (χ2n) is 6.68. The van der Waals surface area contributed by atoms with E-state index in [2.05, 4.69) is 4.98 Å². The van der Waals surface area contributed by atoms with Crippen LogP contribution in [0.1, 0.15) is 16.8 Å². The van der Waals surface area contributed by atoms with Crippen molar-refractivity contribution in [2.45, 2.75) is 25.4 Å². The lowest BCUT2D eigenvalue weighted by Gasteiger charge is -2.29. The van der Waals surface area contributed by atoms with Crippen LogP contribution in [0.15, 0.2) is 42.5 Å². The van der Waals surface area contributed by atoms with Crippen LogP contribution in [0.4, 0.5) is 0 Å². The zero-order valence-corrected chi connectivity index (χ0v) is 16.8. The highest BCUT2D eigenvalue weighted by Gasteiger charge is 2.27. The molecular weight excluding hydrogens is 405 g/mol. The van der Waals surface area contributed by atoms with Crippen molar-refractivity contribution in [2.75, 3.05) is 6.54 Å². The number of halogens is 3. The molecule has 1 aromatic heterocycles. The molecule has 0 fully saturated rings. The van der Waals surface area contributed by atoms with Gasteiger partial charge in [0.2, 0.25) is 5.91 Å². The minimum Gasteiger partial charge on any atom is -1.00 e. The summed E-state index contributed by atoms with van der Waals surface area (Å²) in [5, 5.41) is 2.50. The van der Waals surface area contributed by atoms with Crippen LogP contribution in [0.2, 0.25) is 10.0 Å². The number of nitrogens with two attached hydrogens (primary N) is 1. The summed E-state index contributed by atoms with van der Waals surface area (Å²) >= 11 is 12.3. The van der Waals surface area contributed by atoms with E-state index in [1.54, 1.807) is 0 Å². The minimum atomic E-state index is -0.602. The number of hydrogen-bond donors (Lipinski definition) is 2. The van der Waals surface area contributed by atoms with Gasteiger partial charge in [0.05, 0.1) is 12.6 Å². The number of aromatic amines is 1. The third-order valence-corrected chi connectivity index (χ3v) is 5.57. The number of carbonyl (C=O) groups is 1. The van der Waals surface area contributed by atoms with Gasteiger partial charge in [-0.1, -0.05) is 41.4 Å². The summed E-state index contributed by atoms with van der Waals surface area (Å²) in [5.41, 5.74) is 10.4. The summed E-state index contributed by atoms with van der Waals surface area (Å²) in [6.45, 7) is 1.19. The highest BCUT2D eigenvalue weighted by atomic mass is 35.5. The Kier molecular flexibility index (Phi) is 6.02. The first kappa shape index (κ1) is 20.0. The number of rotatable bonds is 3. The number of H-pyrrole nitrogens is 1. The fraction of sp³-hybridized carbons (Fsp3) is 0.250. The fourth-order valence-electron chi connectivity index (χ4n) is 3.62. The Labute approximate surface area is 174 Å². The lowest BCUT2D eigenvalue weighted by atomic mass is 10.0. The van der Waals surface area contributed by atoms with Gasteiger partial charge in [0.1, 0.15) is 0 Å². The van der Waals surface area contributed by atoms with Crippen LogP contribution in [-0.2, 0) is 24.2 Å². The highest BCUT2D eigenvalue weighted by Crippen LogP contribution is 2.30. The van der Waals surface area contributed by atoms with Crippen molar-refractivity contribution >= 4 is 40.0 Å². The van der Waals surface area contributed by atoms with E-state index in [1.165, 1.54) is 5.56 Å². The van der Waals surface area contributed by atoms with E-state index < -0.39 is 6.04 Å². The number of benzene rings is 2. The molecule has 27 heavy (non-hydrogen) atoms. The predicted octanol–water partition coefficient (Wildman–Crippen LogP) is 0.933. The molecule has 2 aromatic carbocycles. The Morgan fingerprint density at radius 1 is 1.22 bits per heavy atom. The number of nitrogens with zero attached hydrogens (tertiary/aromatic N) is 1. The van der Waals surface area contributed by atoms with E-state index in [-0.39, 0.29) is 18.3 Å². The first-order valence-corrected chi connectivity index (χ1v) is 9.35. The second-order valence-corrected chi connectivity index (χ2v) is 7.53. The second kappa shape index (κ2) is 8.11. The number of fused-ring (bicyclic) bond motifs is 3. The normalized spacial score (nSPS) is 14.6. The molecule has 1 amide bonds. The van der Waals surface area contributed by atoms with Gasteiger partial charge < -0.3 is 28.0 Å². The maximum Gasteiger partial charge on any atom is 0.240 e. The summed E-state index contributed by atoms with van der Waals surface area (Å²) in [4.78, 5) is 18.0.